The number of phosphoric ester groups is 1. The zero-order valence-corrected chi connectivity index (χ0v) is 24.0. The maximum Gasteiger partial charge on any atom is 0.479 e. The lowest BCUT2D eigenvalue weighted by Gasteiger charge is -2.22. The van der Waals surface area contributed by atoms with E-state index in [2.05, 4.69) is 24.6 Å². The molecular formula is C19H25N6O14P3. The van der Waals surface area contributed by atoms with Gasteiger partial charge in [-0.05, 0) is 12.1 Å². The van der Waals surface area contributed by atoms with Crippen LogP contribution in [0.2, 0.25) is 0 Å². The number of benzene rings is 1. The maximum atomic E-state index is 13.1. The van der Waals surface area contributed by atoms with E-state index in [4.69, 9.17) is 29.5 Å². The van der Waals surface area contributed by atoms with E-state index in [9.17, 15) is 38.2 Å². The van der Waals surface area contributed by atoms with Gasteiger partial charge < -0.3 is 45.2 Å². The number of phosphoric acid groups is 1. The summed E-state index contributed by atoms with van der Waals surface area (Å²) in [5.41, 5.74) is 4.98. The summed E-state index contributed by atoms with van der Waals surface area (Å²) in [6, 6.07) is 6.16. The van der Waals surface area contributed by atoms with Crippen molar-refractivity contribution in [3.05, 3.63) is 46.5 Å². The maximum absolute atomic E-state index is 13.1. The summed E-state index contributed by atoms with van der Waals surface area (Å²) in [5.74, 6) is -3.03. The number of nitrogens with two attached hydrogens (primary N) is 1. The molecule has 1 saturated heterocycles. The Morgan fingerprint density at radius 1 is 1.21 bits per heavy atom. The van der Waals surface area contributed by atoms with E-state index < -0.39 is 71.6 Å². The molecule has 0 aliphatic carbocycles. The number of carbonyl (C=O) groups excluding carboxylic acids is 1. The topological polar surface area (TPSA) is 308 Å². The highest BCUT2D eigenvalue weighted by Crippen LogP contribution is 2.65. The summed E-state index contributed by atoms with van der Waals surface area (Å²) in [6.07, 6.45) is -5.38. The minimum atomic E-state index is -5.50. The fourth-order valence-corrected chi connectivity index (χ4v) is 8.38. The molecule has 42 heavy (non-hydrogen) atoms. The fourth-order valence-electron chi connectivity index (χ4n) is 4.04. The number of imidazole rings is 1. The number of esters is 1. The summed E-state index contributed by atoms with van der Waals surface area (Å²) < 4.78 is 56.5. The van der Waals surface area contributed by atoms with Crippen molar-refractivity contribution in [2.75, 3.05) is 30.6 Å². The van der Waals surface area contributed by atoms with Crippen LogP contribution in [0.4, 0.5) is 11.6 Å². The van der Waals surface area contributed by atoms with Crippen LogP contribution in [0.25, 0.3) is 11.2 Å². The Kier molecular flexibility index (Phi) is 9.09. The Morgan fingerprint density at radius 2 is 1.90 bits per heavy atom. The highest BCUT2D eigenvalue weighted by Gasteiger charge is 2.49. The van der Waals surface area contributed by atoms with E-state index in [0.717, 1.165) is 10.9 Å². The van der Waals surface area contributed by atoms with Gasteiger partial charge in [0.1, 0.15) is 12.2 Å². The number of aromatic amines is 1. The molecule has 2 aromatic heterocycles. The van der Waals surface area contributed by atoms with E-state index in [1.54, 1.807) is 19.2 Å². The Hall–Kier alpha value is -2.99. The first-order valence-corrected chi connectivity index (χ1v) is 16.6. The zero-order chi connectivity index (χ0) is 31.0. The van der Waals surface area contributed by atoms with E-state index in [1.165, 1.54) is 12.1 Å². The van der Waals surface area contributed by atoms with Crippen molar-refractivity contribution in [2.24, 2.45) is 0 Å². The molecule has 1 aliphatic rings. The number of nitrogens with zero attached hydrogens (tertiary/aromatic N) is 3. The van der Waals surface area contributed by atoms with Gasteiger partial charge in [0.25, 0.3) is 5.56 Å². The fraction of sp³-hybridized carbons (Fsp3) is 0.368. The molecule has 0 radical (unpaired) electrons. The van der Waals surface area contributed by atoms with Crippen LogP contribution in [-0.4, -0.2) is 88.0 Å². The zero-order valence-electron chi connectivity index (χ0n) is 21.3. The Balaban J connectivity index is 1.63. The molecule has 1 fully saturated rings. The van der Waals surface area contributed by atoms with Crippen molar-refractivity contribution >= 4 is 51.8 Å². The van der Waals surface area contributed by atoms with Crippen LogP contribution < -0.4 is 16.6 Å². The minimum absolute atomic E-state index is 0.0409. The highest BCUT2D eigenvalue weighted by molar-refractivity contribution is 7.73. The summed E-state index contributed by atoms with van der Waals surface area (Å²) in [6.45, 7) is -1.02. The summed E-state index contributed by atoms with van der Waals surface area (Å²) >= 11 is 0. The molecule has 0 bridgehead atoms. The molecule has 3 aromatic rings. The van der Waals surface area contributed by atoms with E-state index in [-0.39, 0.29) is 22.7 Å². The number of H-pyrrole nitrogens is 1. The number of rotatable bonds is 11. The molecule has 9 N–H and O–H groups in total. The number of aliphatic hydroxyl groups excluding tert-OH is 1. The largest absolute Gasteiger partial charge is 0.479 e. The molecule has 1 aromatic carbocycles. The lowest BCUT2D eigenvalue weighted by atomic mass is 10.1. The van der Waals surface area contributed by atoms with Crippen LogP contribution in [-0.2, 0) is 32.0 Å². The van der Waals surface area contributed by atoms with Gasteiger partial charge in [0, 0.05) is 12.7 Å². The molecule has 20 nitrogen and oxygen atoms in total. The van der Waals surface area contributed by atoms with Crippen LogP contribution in [0.3, 0.4) is 0 Å². The molecule has 0 amide bonds. The number of hydrogen-bond acceptors (Lipinski definition) is 14. The van der Waals surface area contributed by atoms with Crippen molar-refractivity contribution in [2.45, 2.75) is 24.5 Å². The first-order chi connectivity index (χ1) is 19.5. The number of ether oxygens (including phenoxy) is 2. The normalized spacial score (nSPS) is 23.8. The smallest absolute Gasteiger partial charge is 0.453 e. The summed E-state index contributed by atoms with van der Waals surface area (Å²) in [4.78, 5) is 72.7. The lowest BCUT2D eigenvalue weighted by Crippen LogP contribution is -2.38. The van der Waals surface area contributed by atoms with Gasteiger partial charge in [0.2, 0.25) is 5.95 Å². The lowest BCUT2D eigenvalue weighted by molar-refractivity contribution is -0.0518. The summed E-state index contributed by atoms with van der Waals surface area (Å²) in [7, 11) is -14.4. The Labute approximate surface area is 234 Å². The number of anilines is 2. The van der Waals surface area contributed by atoms with Gasteiger partial charge in [0.05, 0.1) is 18.5 Å². The predicted octanol–water partition coefficient (Wildman–Crippen LogP) is -0.318. The van der Waals surface area contributed by atoms with Crippen LogP contribution in [0.1, 0.15) is 16.6 Å². The number of aliphatic hydroxyl groups is 1. The van der Waals surface area contributed by atoms with Crippen LogP contribution in [0.15, 0.2) is 35.4 Å². The predicted molar refractivity (Wildman–Crippen MR) is 141 cm³/mol. The van der Waals surface area contributed by atoms with E-state index >= 15 is 0 Å². The third-order valence-electron chi connectivity index (χ3n) is 5.69. The number of carbonyl (C=O) groups is 1. The molecule has 230 valence electrons. The quantitative estimate of drug-likeness (QED) is 0.0970. The standard InChI is InChI=1S/C19H25N6O14P3/c1-21-10-5-3-2-4-9(10)18(28)38-14-11(6-36-42(34,35)39-41(32,33)8-40(29,30)31)37-17(13(14)26)25-7-22-12-15(25)23-19(20)24-16(12)27/h2-5,7,11,13-14,17,21,26H,6,8H2,1H3,(H,32,33)(H,34,35)(H2,29,30,31)(H3,20,23,24,27)/t11-,13-,14-,17-/m1/s1. The van der Waals surface area contributed by atoms with Crippen LogP contribution in [0.5, 0.6) is 0 Å². The van der Waals surface area contributed by atoms with Gasteiger partial charge in [0.15, 0.2) is 29.4 Å². The molecule has 0 saturated carbocycles. The van der Waals surface area contributed by atoms with Crippen molar-refractivity contribution in [1.29, 1.82) is 0 Å². The molecule has 1 aliphatic heterocycles. The van der Waals surface area contributed by atoms with Crippen molar-refractivity contribution in [3.63, 3.8) is 0 Å². The van der Waals surface area contributed by atoms with Gasteiger partial charge in [-0.1, -0.05) is 12.1 Å². The van der Waals surface area contributed by atoms with Crippen LogP contribution in [0, 0.1) is 0 Å². The number of para-hydroxylation sites is 1. The van der Waals surface area contributed by atoms with Crippen LogP contribution >= 0.6 is 23.0 Å². The minimum Gasteiger partial charge on any atom is -0.453 e. The number of nitrogens with one attached hydrogen (secondary N) is 2. The molecule has 23 heteroatoms. The van der Waals surface area contributed by atoms with Gasteiger partial charge >= 0.3 is 29.0 Å². The second-order valence-electron chi connectivity index (χ2n) is 8.79. The Bertz CT molecular complexity index is 1690. The summed E-state index contributed by atoms with van der Waals surface area (Å²) in [5, 5.41) is 13.9. The molecular weight excluding hydrogens is 629 g/mol. The van der Waals surface area contributed by atoms with Crippen molar-refractivity contribution in [1.82, 2.24) is 19.5 Å². The monoisotopic (exact) mass is 654 g/mol. The molecule has 4 rings (SSSR count). The third-order valence-corrected chi connectivity index (χ3v) is 10.9. The second kappa shape index (κ2) is 11.9. The van der Waals surface area contributed by atoms with Gasteiger partial charge in [-0.3, -0.25) is 28.0 Å². The Morgan fingerprint density at radius 3 is 2.57 bits per heavy atom. The number of hydrogen-bond donors (Lipinski definition) is 8. The second-order valence-corrected chi connectivity index (χ2v) is 14.4. The van der Waals surface area contributed by atoms with Crippen molar-refractivity contribution in [3.8, 4) is 0 Å². The first kappa shape index (κ1) is 31.9. The number of fused-ring (bicyclic) bond motifs is 1. The van der Waals surface area contributed by atoms with Gasteiger partial charge in [-0.25, -0.2) is 18.7 Å². The molecule has 2 unspecified atom stereocenters. The average Bonchev–Trinajstić information content (AvgIpc) is 3.41. The molecule has 0 spiro atoms. The first-order valence-electron chi connectivity index (χ1n) is 11.6. The SMILES string of the molecule is CNc1ccccc1C(=O)O[C@H]1[C@@H](O)[C@H](n2cnc3c(=O)[nH]c(N)nc32)O[C@@H]1COP(=O)(O)OP(=O)(O)CP(=O)(O)O. The third kappa shape index (κ3) is 7.31. The molecule has 6 atom stereocenters. The van der Waals surface area contributed by atoms with Crippen molar-refractivity contribution < 1.29 is 61.5 Å². The molecule has 3 heterocycles. The van der Waals surface area contributed by atoms with E-state index in [1.807, 2.05) is 0 Å². The number of nitrogen functional groups attached to an aromatic ring is 1. The van der Waals surface area contributed by atoms with E-state index in [0.29, 0.717) is 5.69 Å². The average molecular weight is 654 g/mol. The van der Waals surface area contributed by atoms with Gasteiger partial charge in [-0.2, -0.15) is 4.98 Å². The number of aromatic nitrogens is 4. The highest BCUT2D eigenvalue weighted by atomic mass is 31.3. The van der Waals surface area contributed by atoms with Gasteiger partial charge in [-0.15, -0.1) is 0 Å².